The van der Waals surface area contributed by atoms with Crippen molar-refractivity contribution < 1.29 is 22.8 Å². The number of carbonyl (C=O) groups is 2. The number of amides is 2. The fraction of sp³-hybridized carbons (Fsp3) is 0.364. The molecule has 0 aliphatic rings. The summed E-state index contributed by atoms with van der Waals surface area (Å²) in [6.45, 7) is -1.91. The minimum Gasteiger partial charge on any atom is -0.345 e. The summed E-state index contributed by atoms with van der Waals surface area (Å²) in [5.74, 6) is -1.46. The summed E-state index contributed by atoms with van der Waals surface area (Å²) in [7, 11) is 1.30. The highest BCUT2D eigenvalue weighted by atomic mass is 79.9. The number of nitrogens with zero attached hydrogens (tertiary/aromatic N) is 2. The van der Waals surface area contributed by atoms with Gasteiger partial charge in [0.1, 0.15) is 16.8 Å². The highest BCUT2D eigenvalue weighted by molar-refractivity contribution is 9.10. The highest BCUT2D eigenvalue weighted by Crippen LogP contribution is 2.12. The van der Waals surface area contributed by atoms with Crippen molar-refractivity contribution in [1.29, 1.82) is 0 Å². The van der Waals surface area contributed by atoms with Gasteiger partial charge in [0.25, 0.3) is 5.91 Å². The van der Waals surface area contributed by atoms with E-state index >= 15 is 0 Å². The minimum absolute atomic E-state index is 0.0884. The molecule has 0 aliphatic heterocycles. The Morgan fingerprint density at radius 2 is 2.05 bits per heavy atom. The standard InChI is InChI=1S/C11H11BrF3N3O2/c1-18(5-9(19)16-6-11(13,14)15)10(20)7-3-2-4-8(12)17-7/h2-4H,5-6H2,1H3,(H,16,19). The van der Waals surface area contributed by atoms with E-state index in [1.54, 1.807) is 17.4 Å². The third-order valence-electron chi connectivity index (χ3n) is 2.15. The van der Waals surface area contributed by atoms with Crippen LogP contribution in [0, 0.1) is 0 Å². The molecule has 0 spiro atoms. The van der Waals surface area contributed by atoms with Gasteiger partial charge in [0.05, 0.1) is 6.54 Å². The predicted octanol–water partition coefficient (Wildman–Crippen LogP) is 1.59. The van der Waals surface area contributed by atoms with E-state index < -0.39 is 31.1 Å². The molecule has 0 unspecified atom stereocenters. The predicted molar refractivity (Wildman–Crippen MR) is 68.0 cm³/mol. The van der Waals surface area contributed by atoms with E-state index in [1.165, 1.54) is 13.1 Å². The van der Waals surface area contributed by atoms with Crippen molar-refractivity contribution in [1.82, 2.24) is 15.2 Å². The first kappa shape index (κ1) is 16.4. The van der Waals surface area contributed by atoms with Crippen molar-refractivity contribution in [3.8, 4) is 0 Å². The maximum absolute atomic E-state index is 11.9. The molecule has 0 aliphatic carbocycles. The van der Waals surface area contributed by atoms with Crippen LogP contribution in [0.3, 0.4) is 0 Å². The zero-order valence-corrected chi connectivity index (χ0v) is 12.0. The van der Waals surface area contributed by atoms with Crippen LogP contribution in [-0.4, -0.2) is 48.0 Å². The van der Waals surface area contributed by atoms with Gasteiger partial charge in [0.15, 0.2) is 0 Å². The molecule has 9 heteroatoms. The lowest BCUT2D eigenvalue weighted by Gasteiger charge is -2.16. The van der Waals surface area contributed by atoms with Crippen molar-refractivity contribution in [2.45, 2.75) is 6.18 Å². The molecule has 0 radical (unpaired) electrons. The number of nitrogens with one attached hydrogen (secondary N) is 1. The van der Waals surface area contributed by atoms with E-state index in [-0.39, 0.29) is 5.69 Å². The molecule has 0 saturated heterocycles. The number of alkyl halides is 3. The Bertz CT molecular complexity index is 508. The number of hydrogen-bond donors (Lipinski definition) is 1. The number of halogens is 4. The molecule has 0 fully saturated rings. The van der Waals surface area contributed by atoms with Crippen LogP contribution in [0.4, 0.5) is 13.2 Å². The van der Waals surface area contributed by atoms with Gasteiger partial charge in [-0.15, -0.1) is 0 Å². The van der Waals surface area contributed by atoms with Gasteiger partial charge in [0, 0.05) is 7.05 Å². The summed E-state index contributed by atoms with van der Waals surface area (Å²) in [6, 6.07) is 4.64. The van der Waals surface area contributed by atoms with Crippen molar-refractivity contribution in [3.63, 3.8) is 0 Å². The van der Waals surface area contributed by atoms with Gasteiger partial charge in [-0.2, -0.15) is 13.2 Å². The summed E-state index contributed by atoms with van der Waals surface area (Å²) in [5.41, 5.74) is 0.0884. The molecule has 2 amide bonds. The van der Waals surface area contributed by atoms with Gasteiger partial charge in [-0.25, -0.2) is 4.98 Å². The Labute approximate surface area is 121 Å². The lowest BCUT2D eigenvalue weighted by molar-refractivity contribution is -0.138. The molecule has 5 nitrogen and oxygen atoms in total. The van der Waals surface area contributed by atoms with Gasteiger partial charge >= 0.3 is 6.18 Å². The monoisotopic (exact) mass is 353 g/mol. The van der Waals surface area contributed by atoms with E-state index in [9.17, 15) is 22.8 Å². The van der Waals surface area contributed by atoms with Gasteiger partial charge in [0.2, 0.25) is 5.91 Å². The highest BCUT2D eigenvalue weighted by Gasteiger charge is 2.28. The molecule has 1 aromatic rings. The first-order chi connectivity index (χ1) is 9.19. The number of carbonyl (C=O) groups excluding carboxylic acids is 2. The fourth-order valence-corrected chi connectivity index (χ4v) is 1.61. The molecule has 0 aromatic carbocycles. The molecule has 1 aromatic heterocycles. The summed E-state index contributed by atoms with van der Waals surface area (Å²) in [6.07, 6.45) is -4.48. The molecule has 1 rings (SSSR count). The van der Waals surface area contributed by atoms with Crippen LogP contribution >= 0.6 is 15.9 Å². The van der Waals surface area contributed by atoms with Crippen molar-refractivity contribution in [2.75, 3.05) is 20.1 Å². The van der Waals surface area contributed by atoms with E-state index in [0.29, 0.717) is 4.60 Å². The lowest BCUT2D eigenvalue weighted by atomic mass is 10.3. The second kappa shape index (κ2) is 6.69. The van der Waals surface area contributed by atoms with Crippen molar-refractivity contribution >= 4 is 27.7 Å². The molecule has 0 bridgehead atoms. The Hall–Kier alpha value is -1.64. The number of rotatable bonds is 4. The summed E-state index contributed by atoms with van der Waals surface area (Å²) < 4.78 is 36.2. The summed E-state index contributed by atoms with van der Waals surface area (Å²) in [5, 5.41) is 1.68. The van der Waals surface area contributed by atoms with E-state index in [1.807, 2.05) is 0 Å². The maximum atomic E-state index is 11.9. The van der Waals surface area contributed by atoms with Crippen LogP contribution in [0.5, 0.6) is 0 Å². The molecule has 1 N–H and O–H groups in total. The zero-order chi connectivity index (χ0) is 15.3. The average molecular weight is 354 g/mol. The fourth-order valence-electron chi connectivity index (χ4n) is 1.26. The van der Waals surface area contributed by atoms with Crippen LogP contribution in [0.25, 0.3) is 0 Å². The van der Waals surface area contributed by atoms with Crippen LogP contribution in [0.2, 0.25) is 0 Å². The minimum atomic E-state index is -4.48. The summed E-state index contributed by atoms with van der Waals surface area (Å²) in [4.78, 5) is 28.0. The molecule has 0 atom stereocenters. The van der Waals surface area contributed by atoms with E-state index in [0.717, 1.165) is 4.90 Å². The second-order valence-corrected chi connectivity index (χ2v) is 4.71. The van der Waals surface area contributed by atoms with E-state index in [2.05, 4.69) is 20.9 Å². The number of pyridine rings is 1. The lowest BCUT2D eigenvalue weighted by Crippen LogP contribution is -2.41. The Morgan fingerprint density at radius 3 is 2.60 bits per heavy atom. The molecule has 20 heavy (non-hydrogen) atoms. The molecular formula is C11H11BrF3N3O2. The number of hydrogen-bond acceptors (Lipinski definition) is 3. The third-order valence-corrected chi connectivity index (χ3v) is 2.59. The normalized spacial score (nSPS) is 11.1. The second-order valence-electron chi connectivity index (χ2n) is 3.90. The zero-order valence-electron chi connectivity index (χ0n) is 10.4. The first-order valence-electron chi connectivity index (χ1n) is 5.40. The maximum Gasteiger partial charge on any atom is 0.405 e. The average Bonchev–Trinajstić information content (AvgIpc) is 2.34. The van der Waals surface area contributed by atoms with Crippen molar-refractivity contribution in [3.05, 3.63) is 28.5 Å². The Balaban J connectivity index is 2.56. The van der Waals surface area contributed by atoms with Gasteiger partial charge in [-0.05, 0) is 28.1 Å². The van der Waals surface area contributed by atoms with Gasteiger partial charge in [-0.1, -0.05) is 6.07 Å². The molecule has 0 saturated carbocycles. The SMILES string of the molecule is CN(CC(=O)NCC(F)(F)F)C(=O)c1cccc(Br)n1. The topological polar surface area (TPSA) is 62.3 Å². The number of aromatic nitrogens is 1. The molecule has 110 valence electrons. The Morgan fingerprint density at radius 1 is 1.40 bits per heavy atom. The van der Waals surface area contributed by atoms with Gasteiger partial charge < -0.3 is 10.2 Å². The quantitative estimate of drug-likeness (QED) is 0.836. The van der Waals surface area contributed by atoms with Crippen LogP contribution in [-0.2, 0) is 4.79 Å². The summed E-state index contributed by atoms with van der Waals surface area (Å²) >= 11 is 3.09. The smallest absolute Gasteiger partial charge is 0.345 e. The van der Waals surface area contributed by atoms with Gasteiger partial charge in [-0.3, -0.25) is 9.59 Å². The molecular weight excluding hydrogens is 343 g/mol. The largest absolute Gasteiger partial charge is 0.405 e. The van der Waals surface area contributed by atoms with Crippen LogP contribution < -0.4 is 5.32 Å². The van der Waals surface area contributed by atoms with Crippen molar-refractivity contribution in [2.24, 2.45) is 0 Å². The van der Waals surface area contributed by atoms with Crippen LogP contribution in [0.15, 0.2) is 22.8 Å². The van der Waals surface area contributed by atoms with Crippen LogP contribution in [0.1, 0.15) is 10.5 Å². The van der Waals surface area contributed by atoms with E-state index in [4.69, 9.17) is 0 Å². The Kier molecular flexibility index (Phi) is 5.49. The first-order valence-corrected chi connectivity index (χ1v) is 6.20. The number of likely N-dealkylation sites (N-methyl/N-ethyl adjacent to an activating group) is 1. The molecule has 1 heterocycles. The third kappa shape index (κ3) is 5.55.